The summed E-state index contributed by atoms with van der Waals surface area (Å²) < 4.78 is 14.5. The van der Waals surface area contributed by atoms with Gasteiger partial charge in [-0.05, 0) is 60.4 Å². The number of rotatable bonds is 7. The summed E-state index contributed by atoms with van der Waals surface area (Å²) in [5, 5.41) is 0. The van der Waals surface area contributed by atoms with E-state index in [9.17, 15) is 4.39 Å². The third kappa shape index (κ3) is 4.52. The minimum atomic E-state index is -0.0661. The van der Waals surface area contributed by atoms with Crippen LogP contribution in [0.25, 0.3) is 0 Å². The monoisotopic (exact) mass is 348 g/mol. The van der Waals surface area contributed by atoms with E-state index in [1.807, 2.05) is 12.1 Å². The molecule has 0 amide bonds. The molecule has 0 spiro atoms. The summed E-state index contributed by atoms with van der Waals surface area (Å²) in [6.45, 7) is 5.94. The second-order valence-electron chi connectivity index (χ2n) is 7.35. The van der Waals surface area contributed by atoms with E-state index >= 15 is 0 Å². The molecule has 3 rings (SSSR count). The van der Waals surface area contributed by atoms with E-state index in [2.05, 4.69) is 56.0 Å². The van der Waals surface area contributed by atoms with Crippen LogP contribution in [0.3, 0.4) is 0 Å². The maximum absolute atomic E-state index is 14.5. The lowest BCUT2D eigenvalue weighted by molar-refractivity contribution is 0.555. The first-order valence-electron chi connectivity index (χ1n) is 9.87. The van der Waals surface area contributed by atoms with Crippen molar-refractivity contribution in [2.75, 3.05) is 0 Å². The van der Waals surface area contributed by atoms with Crippen LogP contribution in [-0.2, 0) is 12.8 Å². The maximum Gasteiger partial charge on any atom is 0.127 e. The molecule has 26 heavy (non-hydrogen) atoms. The number of allylic oxidation sites excluding steroid dienone is 3. The molecule has 0 heterocycles. The van der Waals surface area contributed by atoms with Crippen molar-refractivity contribution >= 4 is 0 Å². The van der Waals surface area contributed by atoms with Gasteiger partial charge >= 0.3 is 0 Å². The molecular formula is C25H29F. The minimum Gasteiger partial charge on any atom is -0.207 e. The van der Waals surface area contributed by atoms with Crippen molar-refractivity contribution in [1.82, 2.24) is 0 Å². The molecule has 1 heteroatoms. The van der Waals surface area contributed by atoms with Crippen LogP contribution in [0, 0.1) is 5.82 Å². The van der Waals surface area contributed by atoms with E-state index in [4.69, 9.17) is 0 Å². The highest BCUT2D eigenvalue weighted by atomic mass is 19.1. The summed E-state index contributed by atoms with van der Waals surface area (Å²) in [7, 11) is 0. The Kier molecular flexibility index (Phi) is 6.44. The summed E-state index contributed by atoms with van der Waals surface area (Å²) in [6.07, 6.45) is 12.5. The van der Waals surface area contributed by atoms with Gasteiger partial charge in [0, 0.05) is 11.8 Å². The summed E-state index contributed by atoms with van der Waals surface area (Å²) in [5.74, 6) is 0.583. The van der Waals surface area contributed by atoms with Crippen LogP contribution in [0.1, 0.15) is 66.7 Å². The van der Waals surface area contributed by atoms with Gasteiger partial charge < -0.3 is 0 Å². The van der Waals surface area contributed by atoms with Gasteiger partial charge in [0.1, 0.15) is 5.82 Å². The highest BCUT2D eigenvalue weighted by molar-refractivity contribution is 5.34. The largest absolute Gasteiger partial charge is 0.207 e. The fraction of sp³-hybridized carbons (Fsp3) is 0.360. The van der Waals surface area contributed by atoms with E-state index in [1.165, 1.54) is 17.5 Å². The molecule has 0 saturated carbocycles. The van der Waals surface area contributed by atoms with E-state index in [0.717, 1.165) is 43.2 Å². The van der Waals surface area contributed by atoms with Crippen LogP contribution in [0.5, 0.6) is 0 Å². The number of hydrogen-bond donors (Lipinski definition) is 0. The lowest BCUT2D eigenvalue weighted by Gasteiger charge is -2.24. The molecule has 136 valence electrons. The zero-order chi connectivity index (χ0) is 18.4. The standard InChI is InChI=1S/C25H29F/c1-3-5-7-20-10-17-24(25(26)18-20)23-15-13-22(14-16-23)21-11-8-19(6-4-2)9-12-21/h3,8-13,15,17-18,22-23H,1,4-7,14,16H2,2H3. The third-order valence-corrected chi connectivity index (χ3v) is 5.41. The zero-order valence-corrected chi connectivity index (χ0v) is 15.8. The van der Waals surface area contributed by atoms with Crippen LogP contribution in [0.2, 0.25) is 0 Å². The van der Waals surface area contributed by atoms with Crippen molar-refractivity contribution in [1.29, 1.82) is 0 Å². The molecule has 1 aliphatic rings. The van der Waals surface area contributed by atoms with E-state index in [-0.39, 0.29) is 11.7 Å². The second-order valence-corrected chi connectivity index (χ2v) is 7.35. The smallest absolute Gasteiger partial charge is 0.127 e. The Morgan fingerprint density at radius 3 is 2.27 bits per heavy atom. The van der Waals surface area contributed by atoms with Gasteiger partial charge in [0.05, 0.1) is 0 Å². The highest BCUT2D eigenvalue weighted by Gasteiger charge is 2.20. The SMILES string of the molecule is C=CCCc1ccc(C2C=CC(c3ccc(CCC)cc3)CC2)c(F)c1. The fourth-order valence-electron chi connectivity index (χ4n) is 3.87. The Morgan fingerprint density at radius 2 is 1.65 bits per heavy atom. The van der Waals surface area contributed by atoms with E-state index in [0.29, 0.717) is 5.92 Å². The molecule has 0 aromatic heterocycles. The van der Waals surface area contributed by atoms with Gasteiger partial charge in [-0.25, -0.2) is 4.39 Å². The summed E-state index contributed by atoms with van der Waals surface area (Å²) >= 11 is 0. The van der Waals surface area contributed by atoms with Crippen LogP contribution in [0.15, 0.2) is 67.3 Å². The van der Waals surface area contributed by atoms with Crippen molar-refractivity contribution in [2.24, 2.45) is 0 Å². The van der Waals surface area contributed by atoms with Gasteiger partial charge in [-0.2, -0.15) is 0 Å². The number of halogens is 1. The normalized spacial score (nSPS) is 19.5. The number of hydrogen-bond acceptors (Lipinski definition) is 0. The average molecular weight is 349 g/mol. The van der Waals surface area contributed by atoms with Crippen LogP contribution in [-0.4, -0.2) is 0 Å². The highest BCUT2D eigenvalue weighted by Crippen LogP contribution is 2.36. The van der Waals surface area contributed by atoms with Gasteiger partial charge in [0.2, 0.25) is 0 Å². The van der Waals surface area contributed by atoms with Crippen molar-refractivity contribution < 1.29 is 4.39 Å². The Labute approximate surface area is 157 Å². The molecule has 1 aliphatic carbocycles. The molecule has 2 atom stereocenters. The quantitative estimate of drug-likeness (QED) is 0.467. The molecule has 0 aliphatic heterocycles. The predicted octanol–water partition coefficient (Wildman–Crippen LogP) is 7.11. The summed E-state index contributed by atoms with van der Waals surface area (Å²) in [6, 6.07) is 14.8. The van der Waals surface area contributed by atoms with Crippen molar-refractivity contribution in [3.05, 3.63) is 95.3 Å². The van der Waals surface area contributed by atoms with Gasteiger partial charge in [0.25, 0.3) is 0 Å². The van der Waals surface area contributed by atoms with Crippen LogP contribution < -0.4 is 0 Å². The molecular weight excluding hydrogens is 319 g/mol. The lowest BCUT2D eigenvalue weighted by Crippen LogP contribution is -2.08. The van der Waals surface area contributed by atoms with Crippen LogP contribution >= 0.6 is 0 Å². The third-order valence-electron chi connectivity index (χ3n) is 5.41. The molecule has 0 N–H and O–H groups in total. The second kappa shape index (κ2) is 8.98. The lowest BCUT2D eigenvalue weighted by atomic mass is 9.81. The van der Waals surface area contributed by atoms with Crippen molar-refractivity contribution in [3.63, 3.8) is 0 Å². The fourth-order valence-corrected chi connectivity index (χ4v) is 3.87. The Bertz CT molecular complexity index is 754. The average Bonchev–Trinajstić information content (AvgIpc) is 2.68. The molecule has 0 saturated heterocycles. The van der Waals surface area contributed by atoms with E-state index in [1.54, 1.807) is 6.07 Å². The first-order chi connectivity index (χ1) is 12.7. The van der Waals surface area contributed by atoms with Gasteiger partial charge in [-0.1, -0.05) is 68.0 Å². The Balaban J connectivity index is 1.68. The van der Waals surface area contributed by atoms with E-state index < -0.39 is 0 Å². The first kappa shape index (κ1) is 18.6. The molecule has 2 aromatic rings. The number of benzene rings is 2. The molecule has 0 bridgehead atoms. The number of aryl methyl sites for hydroxylation is 2. The van der Waals surface area contributed by atoms with Gasteiger partial charge in [-0.3, -0.25) is 0 Å². The molecule has 0 nitrogen and oxygen atoms in total. The molecule has 0 radical (unpaired) electrons. The predicted molar refractivity (Wildman–Crippen MR) is 109 cm³/mol. The first-order valence-corrected chi connectivity index (χ1v) is 9.87. The van der Waals surface area contributed by atoms with Crippen LogP contribution in [0.4, 0.5) is 4.39 Å². The molecule has 2 unspecified atom stereocenters. The summed E-state index contributed by atoms with van der Waals surface area (Å²) in [4.78, 5) is 0. The zero-order valence-electron chi connectivity index (χ0n) is 15.8. The van der Waals surface area contributed by atoms with Crippen molar-refractivity contribution in [2.45, 2.75) is 57.3 Å². The molecule has 0 fully saturated rings. The molecule has 2 aromatic carbocycles. The van der Waals surface area contributed by atoms with Crippen molar-refractivity contribution in [3.8, 4) is 0 Å². The Hall–Kier alpha value is -2.15. The van der Waals surface area contributed by atoms with Gasteiger partial charge in [0.15, 0.2) is 0 Å². The minimum absolute atomic E-state index is 0.0661. The summed E-state index contributed by atoms with van der Waals surface area (Å²) in [5.41, 5.74) is 4.67. The Morgan fingerprint density at radius 1 is 0.962 bits per heavy atom. The van der Waals surface area contributed by atoms with Gasteiger partial charge in [-0.15, -0.1) is 6.58 Å². The topological polar surface area (TPSA) is 0 Å². The maximum atomic E-state index is 14.5.